The van der Waals surface area contributed by atoms with Crippen LogP contribution in [0.4, 0.5) is 0 Å². The molecule has 0 atom stereocenters. The van der Waals surface area contributed by atoms with Gasteiger partial charge in [-0.1, -0.05) is 24.3 Å². The van der Waals surface area contributed by atoms with Crippen molar-refractivity contribution in [2.75, 3.05) is 12.3 Å². The Morgan fingerprint density at radius 2 is 2.00 bits per heavy atom. The van der Waals surface area contributed by atoms with Gasteiger partial charge in [-0.15, -0.1) is 0 Å². The number of hydrogen-bond acceptors (Lipinski definition) is 3. The van der Waals surface area contributed by atoms with Crippen LogP contribution in [0.2, 0.25) is 0 Å². The van der Waals surface area contributed by atoms with Crippen molar-refractivity contribution >= 4 is 16.0 Å². The van der Waals surface area contributed by atoms with Crippen LogP contribution >= 0.6 is 0 Å². The van der Waals surface area contributed by atoms with E-state index in [0.717, 1.165) is 11.1 Å². The number of aliphatic carboxylic acids is 1. The normalized spacial score (nSPS) is 11.4. The summed E-state index contributed by atoms with van der Waals surface area (Å²) in [5.74, 6) is -2.24. The van der Waals surface area contributed by atoms with Crippen molar-refractivity contribution in [2.45, 2.75) is 13.3 Å². The number of carboxylic acids is 1. The first-order valence-corrected chi connectivity index (χ1v) is 6.79. The summed E-state index contributed by atoms with van der Waals surface area (Å²) in [5.41, 5.74) is 2.13. The lowest BCUT2D eigenvalue weighted by Crippen LogP contribution is -2.31. The molecule has 1 rings (SSSR count). The fraction of sp³-hybridized carbons (Fsp3) is 0.364. The van der Waals surface area contributed by atoms with E-state index in [-0.39, 0.29) is 6.54 Å². The Balaban J connectivity index is 2.48. The molecule has 2 N–H and O–H groups in total. The van der Waals surface area contributed by atoms with Crippen molar-refractivity contribution in [3.8, 4) is 0 Å². The van der Waals surface area contributed by atoms with Gasteiger partial charge < -0.3 is 5.11 Å². The summed E-state index contributed by atoms with van der Waals surface area (Å²) < 4.78 is 24.7. The van der Waals surface area contributed by atoms with E-state index in [0.29, 0.717) is 6.42 Å². The van der Waals surface area contributed by atoms with Crippen LogP contribution in [-0.2, 0) is 21.2 Å². The lowest BCUT2D eigenvalue weighted by Gasteiger charge is -2.06. The van der Waals surface area contributed by atoms with Gasteiger partial charge in [-0.05, 0) is 24.5 Å². The fourth-order valence-corrected chi connectivity index (χ4v) is 2.29. The van der Waals surface area contributed by atoms with Crippen LogP contribution in [0.5, 0.6) is 0 Å². The topological polar surface area (TPSA) is 83.5 Å². The highest BCUT2D eigenvalue weighted by molar-refractivity contribution is 7.90. The van der Waals surface area contributed by atoms with E-state index in [9.17, 15) is 13.2 Å². The molecule has 0 heterocycles. The minimum absolute atomic E-state index is 0.209. The number of aryl methyl sites for hydroxylation is 1. The highest BCUT2D eigenvalue weighted by Crippen LogP contribution is 2.06. The third-order valence-electron chi connectivity index (χ3n) is 2.29. The van der Waals surface area contributed by atoms with E-state index in [1.807, 2.05) is 31.2 Å². The van der Waals surface area contributed by atoms with Crippen molar-refractivity contribution in [1.82, 2.24) is 4.72 Å². The Morgan fingerprint density at radius 3 is 2.59 bits per heavy atom. The monoisotopic (exact) mass is 257 g/mol. The van der Waals surface area contributed by atoms with Crippen molar-refractivity contribution in [2.24, 2.45) is 0 Å². The van der Waals surface area contributed by atoms with Gasteiger partial charge in [0.1, 0.15) is 0 Å². The van der Waals surface area contributed by atoms with Gasteiger partial charge >= 0.3 is 5.97 Å². The summed E-state index contributed by atoms with van der Waals surface area (Å²) >= 11 is 0. The molecule has 0 bridgehead atoms. The molecule has 0 saturated heterocycles. The molecule has 0 fully saturated rings. The first-order valence-electron chi connectivity index (χ1n) is 5.14. The molecule has 17 heavy (non-hydrogen) atoms. The Morgan fingerprint density at radius 1 is 1.35 bits per heavy atom. The van der Waals surface area contributed by atoms with E-state index < -0.39 is 21.7 Å². The summed E-state index contributed by atoms with van der Waals surface area (Å²) in [6.07, 6.45) is 0.547. The molecule has 0 aliphatic heterocycles. The Hall–Kier alpha value is -1.40. The zero-order valence-corrected chi connectivity index (χ0v) is 10.3. The number of carbonyl (C=O) groups is 1. The maximum Gasteiger partial charge on any atom is 0.320 e. The molecule has 5 nitrogen and oxygen atoms in total. The van der Waals surface area contributed by atoms with Crippen molar-refractivity contribution in [3.63, 3.8) is 0 Å². The number of sulfonamides is 1. The molecular formula is C11H15NO4S. The zero-order valence-electron chi connectivity index (χ0n) is 9.51. The van der Waals surface area contributed by atoms with Gasteiger partial charge in [0, 0.05) is 6.54 Å². The highest BCUT2D eigenvalue weighted by atomic mass is 32.2. The molecule has 0 aromatic heterocycles. The van der Waals surface area contributed by atoms with E-state index in [4.69, 9.17) is 5.11 Å². The van der Waals surface area contributed by atoms with Crippen LogP contribution in [0.25, 0.3) is 0 Å². The van der Waals surface area contributed by atoms with Crippen molar-refractivity contribution in [1.29, 1.82) is 0 Å². The maximum atomic E-state index is 11.2. The number of hydrogen-bond donors (Lipinski definition) is 2. The molecule has 0 saturated carbocycles. The predicted molar refractivity (Wildman–Crippen MR) is 64.3 cm³/mol. The SMILES string of the molecule is Cc1ccccc1CCNS(=O)(=O)CC(=O)O. The van der Waals surface area contributed by atoms with Gasteiger partial charge in [0.2, 0.25) is 10.0 Å². The zero-order chi connectivity index (χ0) is 12.9. The van der Waals surface area contributed by atoms with Crippen molar-refractivity contribution < 1.29 is 18.3 Å². The van der Waals surface area contributed by atoms with Crippen LogP contribution in [-0.4, -0.2) is 31.8 Å². The third-order valence-corrected chi connectivity index (χ3v) is 3.56. The number of nitrogens with one attached hydrogen (secondary N) is 1. The van der Waals surface area contributed by atoms with Gasteiger partial charge in [0.05, 0.1) is 0 Å². The van der Waals surface area contributed by atoms with Gasteiger partial charge in [-0.25, -0.2) is 13.1 Å². The largest absolute Gasteiger partial charge is 0.480 e. The standard InChI is InChI=1S/C11H15NO4S/c1-9-4-2-3-5-10(9)6-7-12-17(15,16)8-11(13)14/h2-5,12H,6-8H2,1H3,(H,13,14). The second-order valence-corrected chi connectivity index (χ2v) is 5.53. The van der Waals surface area contributed by atoms with Crippen molar-refractivity contribution in [3.05, 3.63) is 35.4 Å². The summed E-state index contributed by atoms with van der Waals surface area (Å²) in [6.45, 7) is 2.15. The third kappa shape index (κ3) is 4.97. The van der Waals surface area contributed by atoms with E-state index in [1.165, 1.54) is 0 Å². The van der Waals surface area contributed by atoms with E-state index >= 15 is 0 Å². The first kappa shape index (κ1) is 13.7. The van der Waals surface area contributed by atoms with Crippen LogP contribution in [0.3, 0.4) is 0 Å². The molecule has 1 aromatic carbocycles. The summed E-state index contributed by atoms with van der Waals surface area (Å²) in [7, 11) is -3.71. The summed E-state index contributed by atoms with van der Waals surface area (Å²) in [5, 5.41) is 8.39. The summed E-state index contributed by atoms with van der Waals surface area (Å²) in [6, 6.07) is 7.66. The van der Waals surface area contributed by atoms with E-state index in [2.05, 4.69) is 4.72 Å². The average Bonchev–Trinajstić information content (AvgIpc) is 2.18. The molecule has 0 unspecified atom stereocenters. The van der Waals surface area contributed by atoms with E-state index in [1.54, 1.807) is 0 Å². The molecule has 0 spiro atoms. The molecule has 0 aliphatic rings. The van der Waals surface area contributed by atoms with Gasteiger partial charge in [0.15, 0.2) is 5.75 Å². The second kappa shape index (κ2) is 5.79. The van der Waals surface area contributed by atoms with Gasteiger partial charge in [-0.2, -0.15) is 0 Å². The molecule has 6 heteroatoms. The van der Waals surface area contributed by atoms with Gasteiger partial charge in [-0.3, -0.25) is 4.79 Å². The average molecular weight is 257 g/mol. The summed E-state index contributed by atoms with van der Waals surface area (Å²) in [4.78, 5) is 10.3. The van der Waals surface area contributed by atoms with Crippen LogP contribution in [0.1, 0.15) is 11.1 Å². The molecule has 0 radical (unpaired) electrons. The smallest absolute Gasteiger partial charge is 0.320 e. The minimum Gasteiger partial charge on any atom is -0.480 e. The molecule has 94 valence electrons. The van der Waals surface area contributed by atoms with Crippen LogP contribution in [0, 0.1) is 6.92 Å². The molecule has 0 amide bonds. The Bertz CT molecular complexity index is 496. The highest BCUT2D eigenvalue weighted by Gasteiger charge is 2.14. The number of benzene rings is 1. The van der Waals surface area contributed by atoms with Crippen LogP contribution in [0.15, 0.2) is 24.3 Å². The Kier molecular flexibility index (Phi) is 4.65. The Labute approximate surface area is 101 Å². The minimum atomic E-state index is -3.71. The molecule has 1 aromatic rings. The second-order valence-electron chi connectivity index (χ2n) is 3.72. The lowest BCUT2D eigenvalue weighted by molar-refractivity contribution is -0.134. The number of carboxylic acid groups (broad SMARTS) is 1. The maximum absolute atomic E-state index is 11.2. The lowest BCUT2D eigenvalue weighted by atomic mass is 10.1. The predicted octanol–water partition coefficient (Wildman–Crippen LogP) is 0.542. The molecular weight excluding hydrogens is 242 g/mol. The molecule has 0 aliphatic carbocycles. The fourth-order valence-electron chi connectivity index (χ4n) is 1.45. The first-order chi connectivity index (χ1) is 7.91. The van der Waals surface area contributed by atoms with Crippen LogP contribution < -0.4 is 4.72 Å². The number of rotatable bonds is 6. The van der Waals surface area contributed by atoms with Gasteiger partial charge in [0.25, 0.3) is 0 Å². The quantitative estimate of drug-likeness (QED) is 0.779.